The molecule has 3 N–H and O–H groups in total. The molecule has 0 aliphatic heterocycles. The number of nitrogens with one attached hydrogen (secondary N) is 1. The average molecular weight is 315 g/mol. The first-order chi connectivity index (χ1) is 10.2. The minimum absolute atomic E-state index is 0.115. The van der Waals surface area contributed by atoms with E-state index in [-0.39, 0.29) is 18.0 Å². The second kappa shape index (κ2) is 8.08. The molecule has 3 nitrogen and oxygen atoms in total. The largest absolute Gasteiger partial charge is 0.376 e. The normalized spacial score (nSPS) is 19.4. The maximum absolute atomic E-state index is 14.2. The van der Waals surface area contributed by atoms with Crippen LogP contribution in [0.5, 0.6) is 0 Å². The van der Waals surface area contributed by atoms with Gasteiger partial charge in [-0.2, -0.15) is 0 Å². The van der Waals surface area contributed by atoms with Gasteiger partial charge >= 0.3 is 0 Å². The summed E-state index contributed by atoms with van der Waals surface area (Å²) in [4.78, 5) is 0. The Labute approximate surface area is 131 Å². The number of ether oxygens (including phenoxy) is 1. The zero-order valence-electron chi connectivity index (χ0n) is 12.4. The highest BCUT2D eigenvalue weighted by atomic mass is 35.5. The van der Waals surface area contributed by atoms with Crippen LogP contribution < -0.4 is 11.3 Å². The Morgan fingerprint density at radius 1 is 1.38 bits per heavy atom. The molecule has 1 aliphatic carbocycles. The van der Waals surface area contributed by atoms with E-state index in [9.17, 15) is 4.39 Å². The molecule has 1 aromatic rings. The maximum atomic E-state index is 14.2. The minimum Gasteiger partial charge on any atom is -0.376 e. The lowest BCUT2D eigenvalue weighted by atomic mass is 9.81. The van der Waals surface area contributed by atoms with Crippen LogP contribution in [0.3, 0.4) is 0 Å². The summed E-state index contributed by atoms with van der Waals surface area (Å²) < 4.78 is 20.2. The fraction of sp³-hybridized carbons (Fsp3) is 0.625. The third-order valence-electron chi connectivity index (χ3n) is 4.28. The number of halogens is 2. The van der Waals surface area contributed by atoms with Crippen LogP contribution in [-0.2, 0) is 4.74 Å². The highest BCUT2D eigenvalue weighted by Crippen LogP contribution is 2.35. The molecule has 5 heteroatoms. The molecule has 0 heterocycles. The molecule has 1 fully saturated rings. The van der Waals surface area contributed by atoms with Gasteiger partial charge in [-0.1, -0.05) is 36.9 Å². The van der Waals surface area contributed by atoms with E-state index in [1.807, 2.05) is 6.92 Å². The van der Waals surface area contributed by atoms with Crippen molar-refractivity contribution in [3.63, 3.8) is 0 Å². The van der Waals surface area contributed by atoms with Crippen molar-refractivity contribution in [2.45, 2.75) is 51.2 Å². The van der Waals surface area contributed by atoms with Crippen LogP contribution in [0.25, 0.3) is 0 Å². The van der Waals surface area contributed by atoms with Crippen molar-refractivity contribution in [1.29, 1.82) is 0 Å². The van der Waals surface area contributed by atoms with E-state index in [4.69, 9.17) is 22.2 Å². The molecule has 0 amide bonds. The zero-order chi connectivity index (χ0) is 15.2. The number of hydrogen-bond acceptors (Lipinski definition) is 3. The van der Waals surface area contributed by atoms with Gasteiger partial charge in [-0.05, 0) is 37.8 Å². The molecule has 1 saturated carbocycles. The lowest BCUT2D eigenvalue weighted by Crippen LogP contribution is -2.43. The third kappa shape index (κ3) is 4.16. The van der Waals surface area contributed by atoms with Crippen molar-refractivity contribution < 1.29 is 9.13 Å². The molecule has 0 spiro atoms. The Morgan fingerprint density at radius 2 is 2.10 bits per heavy atom. The average Bonchev–Trinajstić information content (AvgIpc) is 2.50. The molecule has 21 heavy (non-hydrogen) atoms. The van der Waals surface area contributed by atoms with Gasteiger partial charge in [0.15, 0.2) is 0 Å². The van der Waals surface area contributed by atoms with Gasteiger partial charge in [-0.15, -0.1) is 0 Å². The molecule has 2 unspecified atom stereocenters. The highest BCUT2D eigenvalue weighted by Gasteiger charge is 2.33. The Bertz CT molecular complexity index is 452. The monoisotopic (exact) mass is 314 g/mol. The molecular formula is C16H24ClFN2O. The van der Waals surface area contributed by atoms with Gasteiger partial charge in [0, 0.05) is 17.2 Å². The van der Waals surface area contributed by atoms with E-state index < -0.39 is 0 Å². The highest BCUT2D eigenvalue weighted by molar-refractivity contribution is 6.30. The summed E-state index contributed by atoms with van der Waals surface area (Å²) in [6, 6.07) is 4.35. The van der Waals surface area contributed by atoms with E-state index >= 15 is 0 Å². The molecule has 0 radical (unpaired) electrons. The smallest absolute Gasteiger partial charge is 0.129 e. The molecule has 1 aliphatic rings. The Morgan fingerprint density at radius 3 is 2.67 bits per heavy atom. The van der Waals surface area contributed by atoms with Gasteiger partial charge in [-0.3, -0.25) is 11.3 Å². The first-order valence-corrected chi connectivity index (χ1v) is 8.07. The van der Waals surface area contributed by atoms with E-state index in [0.29, 0.717) is 23.1 Å². The van der Waals surface area contributed by atoms with Crippen molar-refractivity contribution in [1.82, 2.24) is 5.43 Å². The fourth-order valence-corrected chi connectivity index (χ4v) is 3.43. The Balaban J connectivity index is 2.25. The van der Waals surface area contributed by atoms with Crippen molar-refractivity contribution >= 4 is 11.6 Å². The minimum atomic E-state index is -0.356. The predicted molar refractivity (Wildman–Crippen MR) is 83.5 cm³/mol. The van der Waals surface area contributed by atoms with E-state index in [1.165, 1.54) is 25.3 Å². The van der Waals surface area contributed by atoms with Gasteiger partial charge in [0.25, 0.3) is 0 Å². The Kier molecular flexibility index (Phi) is 6.42. The molecule has 2 atom stereocenters. The first kappa shape index (κ1) is 16.7. The number of hydrazine groups is 1. The predicted octanol–water partition coefficient (Wildman–Crippen LogP) is 3.97. The standard InChI is InChI=1S/C16H24ClFN2O/c1-2-21-16(11-6-4-3-5-7-11)15(20-19)13-9-8-12(17)10-14(13)18/h8-11,15-16,20H,2-7,19H2,1H3. The molecule has 118 valence electrons. The summed E-state index contributed by atoms with van der Waals surface area (Å²) in [5.41, 5.74) is 3.27. The van der Waals surface area contributed by atoms with Crippen molar-refractivity contribution in [2.24, 2.45) is 11.8 Å². The second-order valence-electron chi connectivity index (χ2n) is 5.63. The molecule has 0 bridgehead atoms. The summed E-state index contributed by atoms with van der Waals surface area (Å²) in [7, 11) is 0. The summed E-state index contributed by atoms with van der Waals surface area (Å²) in [6.45, 7) is 2.55. The molecule has 0 aromatic heterocycles. The van der Waals surface area contributed by atoms with E-state index in [2.05, 4.69) is 5.43 Å². The van der Waals surface area contributed by atoms with Crippen LogP contribution in [0.2, 0.25) is 5.02 Å². The van der Waals surface area contributed by atoms with Crippen LogP contribution in [0.1, 0.15) is 50.6 Å². The van der Waals surface area contributed by atoms with Gasteiger partial charge in [-0.25, -0.2) is 4.39 Å². The fourth-order valence-electron chi connectivity index (χ4n) is 3.27. The van der Waals surface area contributed by atoms with Gasteiger partial charge < -0.3 is 4.74 Å². The first-order valence-electron chi connectivity index (χ1n) is 7.70. The molecular weight excluding hydrogens is 291 g/mol. The summed E-state index contributed by atoms with van der Waals surface area (Å²) >= 11 is 5.83. The van der Waals surface area contributed by atoms with Crippen LogP contribution in [0.4, 0.5) is 4.39 Å². The van der Waals surface area contributed by atoms with Crippen LogP contribution in [-0.4, -0.2) is 12.7 Å². The number of nitrogens with two attached hydrogens (primary N) is 1. The van der Waals surface area contributed by atoms with Gasteiger partial charge in [0.1, 0.15) is 5.82 Å². The van der Waals surface area contributed by atoms with Crippen molar-refractivity contribution in [2.75, 3.05) is 6.61 Å². The van der Waals surface area contributed by atoms with Crippen molar-refractivity contribution in [3.05, 3.63) is 34.6 Å². The lowest BCUT2D eigenvalue weighted by Gasteiger charge is -2.35. The van der Waals surface area contributed by atoms with Crippen LogP contribution in [0, 0.1) is 11.7 Å². The number of hydrogen-bond donors (Lipinski definition) is 2. The number of benzene rings is 1. The van der Waals surface area contributed by atoms with Crippen molar-refractivity contribution in [3.8, 4) is 0 Å². The summed E-state index contributed by atoms with van der Waals surface area (Å²) in [6.07, 6.45) is 5.78. The third-order valence-corrected chi connectivity index (χ3v) is 4.51. The zero-order valence-corrected chi connectivity index (χ0v) is 13.2. The van der Waals surface area contributed by atoms with E-state index in [1.54, 1.807) is 12.1 Å². The molecule has 0 saturated heterocycles. The van der Waals surface area contributed by atoms with Gasteiger partial charge in [0.05, 0.1) is 12.1 Å². The summed E-state index contributed by atoms with van der Waals surface area (Å²) in [5.74, 6) is 5.79. The molecule has 1 aromatic carbocycles. The van der Waals surface area contributed by atoms with Crippen LogP contribution in [0.15, 0.2) is 18.2 Å². The lowest BCUT2D eigenvalue weighted by molar-refractivity contribution is -0.0191. The topological polar surface area (TPSA) is 47.3 Å². The summed E-state index contributed by atoms with van der Waals surface area (Å²) in [5, 5.41) is 0.387. The van der Waals surface area contributed by atoms with Gasteiger partial charge in [0.2, 0.25) is 0 Å². The Hall–Kier alpha value is -0.680. The second-order valence-corrected chi connectivity index (χ2v) is 6.06. The molecule has 2 rings (SSSR count). The SMILES string of the molecule is CCOC(C1CCCCC1)C(NN)c1ccc(Cl)cc1F. The maximum Gasteiger partial charge on any atom is 0.129 e. The van der Waals surface area contributed by atoms with E-state index in [0.717, 1.165) is 12.8 Å². The number of rotatable bonds is 6. The quantitative estimate of drug-likeness (QED) is 0.617. The van der Waals surface area contributed by atoms with Crippen LogP contribution >= 0.6 is 11.6 Å².